The lowest BCUT2D eigenvalue weighted by atomic mass is 10.2. The van der Waals surface area contributed by atoms with Gasteiger partial charge in [0, 0.05) is 6.54 Å². The lowest BCUT2D eigenvalue weighted by molar-refractivity contribution is 0.0790. The third-order valence-electron chi connectivity index (χ3n) is 2.28. The fraction of sp³-hybridized carbons (Fsp3) is 0.778. The van der Waals surface area contributed by atoms with Gasteiger partial charge in [-0.1, -0.05) is 5.16 Å². The molecule has 1 aliphatic heterocycles. The van der Waals surface area contributed by atoms with Crippen molar-refractivity contribution in [1.82, 2.24) is 4.90 Å². The van der Waals surface area contributed by atoms with Gasteiger partial charge in [-0.3, -0.25) is 4.90 Å². The normalized spacial score (nSPS) is 22.2. The number of hydrogen-bond donors (Lipinski definition) is 2. The Hall–Kier alpha value is -1.46. The van der Waals surface area contributed by atoms with Crippen molar-refractivity contribution in [3.8, 4) is 0 Å². The van der Waals surface area contributed by atoms with E-state index in [1.165, 1.54) is 4.90 Å². The maximum absolute atomic E-state index is 11.6. The molecule has 1 heterocycles. The van der Waals surface area contributed by atoms with Crippen LogP contribution in [-0.4, -0.2) is 40.7 Å². The molecule has 3 N–H and O–H groups in total. The summed E-state index contributed by atoms with van der Waals surface area (Å²) in [6.07, 6.45) is 0.988. The molecule has 1 aliphatic rings. The summed E-state index contributed by atoms with van der Waals surface area (Å²) in [7, 11) is 0. The smallest absolute Gasteiger partial charge is 0.410 e. The molecule has 1 unspecified atom stereocenters. The van der Waals surface area contributed by atoms with E-state index >= 15 is 0 Å². The van der Waals surface area contributed by atoms with Gasteiger partial charge in [-0.25, -0.2) is 4.79 Å². The maximum atomic E-state index is 11.6. The Balaban J connectivity index is 2.64. The average molecular weight is 215 g/mol. The zero-order valence-corrected chi connectivity index (χ0v) is 9.01. The summed E-state index contributed by atoms with van der Waals surface area (Å²) in [6.45, 7) is 4.16. The number of rotatable bonds is 2. The molecular formula is C9H17N3O3. The van der Waals surface area contributed by atoms with Crippen molar-refractivity contribution in [1.29, 1.82) is 0 Å². The lowest BCUT2D eigenvalue weighted by Gasteiger charge is -2.23. The molecule has 0 aromatic heterocycles. The van der Waals surface area contributed by atoms with E-state index < -0.39 is 6.09 Å². The van der Waals surface area contributed by atoms with Crippen LogP contribution in [0.2, 0.25) is 0 Å². The van der Waals surface area contributed by atoms with E-state index in [0.717, 1.165) is 6.42 Å². The zero-order valence-electron chi connectivity index (χ0n) is 9.01. The Labute approximate surface area is 88.7 Å². The Morgan fingerprint density at radius 2 is 2.33 bits per heavy atom. The highest BCUT2D eigenvalue weighted by molar-refractivity contribution is 5.88. The first-order valence-electron chi connectivity index (χ1n) is 5.01. The highest BCUT2D eigenvalue weighted by atomic mass is 16.6. The van der Waals surface area contributed by atoms with Crippen LogP contribution in [0.3, 0.4) is 0 Å². The number of oxime groups is 1. The highest BCUT2D eigenvalue weighted by Crippen LogP contribution is 2.18. The number of carbonyl (C=O) groups excluding carboxylic acids is 1. The number of carbonyl (C=O) groups is 1. The summed E-state index contributed by atoms with van der Waals surface area (Å²) in [5.74, 6) is 0.0632. The molecule has 86 valence electrons. The predicted octanol–water partition coefficient (Wildman–Crippen LogP) is 0.742. The van der Waals surface area contributed by atoms with Crippen LogP contribution in [0.4, 0.5) is 4.79 Å². The van der Waals surface area contributed by atoms with Crippen molar-refractivity contribution in [2.24, 2.45) is 10.9 Å². The number of likely N-dealkylation sites (tertiary alicyclic amines) is 1. The van der Waals surface area contributed by atoms with Gasteiger partial charge < -0.3 is 15.7 Å². The number of amides is 1. The van der Waals surface area contributed by atoms with Gasteiger partial charge in [-0.05, 0) is 26.7 Å². The van der Waals surface area contributed by atoms with Crippen molar-refractivity contribution < 1.29 is 14.7 Å². The molecule has 6 heteroatoms. The summed E-state index contributed by atoms with van der Waals surface area (Å²) in [5, 5.41) is 11.5. The third kappa shape index (κ3) is 2.74. The maximum Gasteiger partial charge on any atom is 0.410 e. The first kappa shape index (κ1) is 11.6. The number of nitrogens with two attached hydrogens (primary N) is 1. The van der Waals surface area contributed by atoms with Crippen LogP contribution in [-0.2, 0) is 4.74 Å². The first-order valence-corrected chi connectivity index (χ1v) is 5.01. The first-order chi connectivity index (χ1) is 7.06. The van der Waals surface area contributed by atoms with Gasteiger partial charge in [0.05, 0.1) is 12.1 Å². The van der Waals surface area contributed by atoms with Crippen LogP contribution < -0.4 is 5.73 Å². The van der Waals surface area contributed by atoms with E-state index in [1.807, 2.05) is 0 Å². The fourth-order valence-corrected chi connectivity index (χ4v) is 1.63. The van der Waals surface area contributed by atoms with Gasteiger partial charge in [0.1, 0.15) is 0 Å². The average Bonchev–Trinajstić information content (AvgIpc) is 2.63. The molecule has 0 spiro atoms. The largest absolute Gasteiger partial charge is 0.447 e. The zero-order chi connectivity index (χ0) is 11.4. The number of amidine groups is 1. The summed E-state index contributed by atoms with van der Waals surface area (Å²) in [6, 6.07) is -0.332. The lowest BCUT2D eigenvalue weighted by Crippen LogP contribution is -2.44. The van der Waals surface area contributed by atoms with E-state index in [2.05, 4.69) is 5.16 Å². The minimum atomic E-state index is -0.404. The molecule has 0 aliphatic carbocycles. The van der Waals surface area contributed by atoms with E-state index in [1.54, 1.807) is 13.8 Å². The van der Waals surface area contributed by atoms with Crippen molar-refractivity contribution in [2.45, 2.75) is 38.8 Å². The molecule has 15 heavy (non-hydrogen) atoms. The van der Waals surface area contributed by atoms with Gasteiger partial charge in [-0.15, -0.1) is 0 Å². The van der Waals surface area contributed by atoms with Gasteiger partial charge in [0.25, 0.3) is 0 Å². The molecule has 1 amide bonds. The molecule has 1 rings (SSSR count). The van der Waals surface area contributed by atoms with Gasteiger partial charge >= 0.3 is 6.09 Å². The van der Waals surface area contributed by atoms with Crippen molar-refractivity contribution in [3.63, 3.8) is 0 Å². The second-order valence-corrected chi connectivity index (χ2v) is 3.81. The molecule has 0 bridgehead atoms. The summed E-state index contributed by atoms with van der Waals surface area (Å²) in [4.78, 5) is 13.1. The molecule has 1 saturated heterocycles. The Bertz CT molecular complexity index is 265. The van der Waals surface area contributed by atoms with E-state index in [-0.39, 0.29) is 18.0 Å². The van der Waals surface area contributed by atoms with Crippen LogP contribution in [0, 0.1) is 0 Å². The number of ether oxygens (including phenoxy) is 1. The predicted molar refractivity (Wildman–Crippen MR) is 54.8 cm³/mol. The van der Waals surface area contributed by atoms with Crippen molar-refractivity contribution in [2.75, 3.05) is 6.54 Å². The van der Waals surface area contributed by atoms with Crippen molar-refractivity contribution >= 4 is 11.9 Å². The van der Waals surface area contributed by atoms with Gasteiger partial charge in [0.2, 0.25) is 0 Å². The summed E-state index contributed by atoms with van der Waals surface area (Å²) in [5.41, 5.74) is 5.49. The SMILES string of the molecule is CC(C)OC(=O)N1CCCC1C(N)=NO. The van der Waals surface area contributed by atoms with E-state index in [4.69, 9.17) is 15.7 Å². The topological polar surface area (TPSA) is 88.2 Å². The Kier molecular flexibility index (Phi) is 3.76. The quantitative estimate of drug-likeness (QED) is 0.308. The second-order valence-electron chi connectivity index (χ2n) is 3.81. The van der Waals surface area contributed by atoms with Crippen LogP contribution in [0.25, 0.3) is 0 Å². The molecule has 0 saturated carbocycles. The van der Waals surface area contributed by atoms with Crippen LogP contribution in [0.15, 0.2) is 5.16 Å². The van der Waals surface area contributed by atoms with Crippen molar-refractivity contribution in [3.05, 3.63) is 0 Å². The van der Waals surface area contributed by atoms with E-state index in [9.17, 15) is 4.79 Å². The Morgan fingerprint density at radius 3 is 2.87 bits per heavy atom. The summed E-state index contributed by atoms with van der Waals surface area (Å²) >= 11 is 0. The van der Waals surface area contributed by atoms with Crippen LogP contribution in [0.1, 0.15) is 26.7 Å². The summed E-state index contributed by atoms with van der Waals surface area (Å²) < 4.78 is 5.05. The molecular weight excluding hydrogens is 198 g/mol. The molecule has 1 atom stereocenters. The van der Waals surface area contributed by atoms with Gasteiger partial charge in [-0.2, -0.15) is 0 Å². The second kappa shape index (κ2) is 4.86. The monoisotopic (exact) mass is 215 g/mol. The molecule has 0 aromatic carbocycles. The molecule has 0 radical (unpaired) electrons. The minimum absolute atomic E-state index is 0.0632. The van der Waals surface area contributed by atoms with Crippen LogP contribution in [0.5, 0.6) is 0 Å². The fourth-order valence-electron chi connectivity index (χ4n) is 1.63. The standard InChI is InChI=1S/C9H17N3O3/c1-6(2)15-9(13)12-5-3-4-7(12)8(10)11-14/h6-7,14H,3-5H2,1-2H3,(H2,10,11). The van der Waals surface area contributed by atoms with Gasteiger partial charge in [0.15, 0.2) is 5.84 Å². The van der Waals surface area contributed by atoms with Crippen LogP contribution >= 0.6 is 0 Å². The molecule has 0 aromatic rings. The van der Waals surface area contributed by atoms with E-state index in [0.29, 0.717) is 13.0 Å². The molecule has 6 nitrogen and oxygen atoms in total. The third-order valence-corrected chi connectivity index (χ3v) is 2.28. The molecule has 1 fully saturated rings. The number of nitrogens with zero attached hydrogens (tertiary/aromatic N) is 2. The highest BCUT2D eigenvalue weighted by Gasteiger charge is 2.33. The number of hydrogen-bond acceptors (Lipinski definition) is 4. The minimum Gasteiger partial charge on any atom is -0.447 e. The Morgan fingerprint density at radius 1 is 1.67 bits per heavy atom.